The quantitative estimate of drug-likeness (QED) is 0.631. The largest absolute Gasteiger partial charge is 0.478 e. The Morgan fingerprint density at radius 3 is 2.75 bits per heavy atom. The molecular weight excluding hydrogens is 285 g/mol. The molecule has 0 aliphatic rings. The topological polar surface area (TPSA) is 69.4 Å². The van der Waals surface area contributed by atoms with E-state index < -0.39 is 16.4 Å². The Bertz CT molecular complexity index is 449. The summed E-state index contributed by atoms with van der Waals surface area (Å²) in [5.41, 5.74) is -0.520. The molecule has 1 aromatic carbocycles. The van der Waals surface area contributed by atoms with Crippen molar-refractivity contribution in [2.75, 3.05) is 6.61 Å². The molecule has 0 heterocycles. The molecule has 86 valence electrons. The van der Waals surface area contributed by atoms with Gasteiger partial charge in [0.05, 0.1) is 15.5 Å². The highest BCUT2D eigenvalue weighted by molar-refractivity contribution is 9.10. The molecule has 0 aliphatic carbocycles. The number of halogens is 2. The zero-order valence-corrected chi connectivity index (χ0v) is 9.78. The van der Waals surface area contributed by atoms with Gasteiger partial charge in [0.1, 0.15) is 12.4 Å². The van der Waals surface area contributed by atoms with E-state index in [0.29, 0.717) is 0 Å². The summed E-state index contributed by atoms with van der Waals surface area (Å²) in [6.45, 7) is 0.980. The molecule has 1 aromatic rings. The van der Waals surface area contributed by atoms with Crippen LogP contribution in [0.15, 0.2) is 16.6 Å². The summed E-state index contributed by atoms with van der Waals surface area (Å²) < 4.78 is 17.9. The molecule has 0 radical (unpaired) electrons. The van der Waals surface area contributed by atoms with Crippen LogP contribution in [-0.2, 0) is 4.79 Å². The van der Waals surface area contributed by atoms with Crippen molar-refractivity contribution in [2.24, 2.45) is 0 Å². The average Bonchev–Trinajstić information content (AvgIpc) is 2.14. The molecule has 0 unspecified atom stereocenters. The van der Waals surface area contributed by atoms with E-state index >= 15 is 0 Å². The first-order valence-electron chi connectivity index (χ1n) is 4.17. The molecule has 16 heavy (non-hydrogen) atoms. The molecular formula is C9H7BrFNO4. The number of rotatable bonds is 4. The van der Waals surface area contributed by atoms with Crippen LogP contribution in [0.2, 0.25) is 0 Å². The molecule has 7 heteroatoms. The highest BCUT2D eigenvalue weighted by Gasteiger charge is 2.20. The summed E-state index contributed by atoms with van der Waals surface area (Å²) >= 11 is 2.94. The summed E-state index contributed by atoms with van der Waals surface area (Å²) in [6.07, 6.45) is 0. The Morgan fingerprint density at radius 1 is 1.62 bits per heavy atom. The van der Waals surface area contributed by atoms with E-state index in [2.05, 4.69) is 15.9 Å². The van der Waals surface area contributed by atoms with Gasteiger partial charge in [0, 0.05) is 0 Å². The van der Waals surface area contributed by atoms with Crippen LogP contribution in [-0.4, -0.2) is 17.3 Å². The minimum absolute atomic E-state index is 0.0976. The zero-order valence-electron chi connectivity index (χ0n) is 8.20. The summed E-state index contributed by atoms with van der Waals surface area (Å²) in [7, 11) is 0. The molecule has 0 saturated carbocycles. The highest BCUT2D eigenvalue weighted by Crippen LogP contribution is 2.35. The number of benzene rings is 1. The molecule has 0 spiro atoms. The summed E-state index contributed by atoms with van der Waals surface area (Å²) in [5, 5.41) is 10.6. The van der Waals surface area contributed by atoms with Crippen molar-refractivity contribution in [3.63, 3.8) is 0 Å². The van der Waals surface area contributed by atoms with Crippen molar-refractivity contribution in [1.29, 1.82) is 0 Å². The van der Waals surface area contributed by atoms with Crippen LogP contribution >= 0.6 is 15.9 Å². The van der Waals surface area contributed by atoms with Crippen LogP contribution < -0.4 is 4.74 Å². The van der Waals surface area contributed by atoms with E-state index in [1.807, 2.05) is 0 Å². The van der Waals surface area contributed by atoms with Gasteiger partial charge in [-0.1, -0.05) is 0 Å². The molecule has 0 N–H and O–H groups in total. The molecule has 0 saturated heterocycles. The number of nitrogens with zero attached hydrogens (tertiary/aromatic N) is 1. The summed E-state index contributed by atoms with van der Waals surface area (Å²) in [4.78, 5) is 20.5. The van der Waals surface area contributed by atoms with Crippen LogP contribution in [0.25, 0.3) is 0 Å². The van der Waals surface area contributed by atoms with Gasteiger partial charge in [0.25, 0.3) is 0 Å². The number of carbonyl (C=O) groups excluding carboxylic acids is 1. The second kappa shape index (κ2) is 5.02. The molecule has 5 nitrogen and oxygen atoms in total. The number of hydrogen-bond donors (Lipinski definition) is 0. The Kier molecular flexibility index (Phi) is 3.94. The van der Waals surface area contributed by atoms with Gasteiger partial charge in [0.15, 0.2) is 5.78 Å². The highest BCUT2D eigenvalue weighted by atomic mass is 79.9. The molecule has 0 bridgehead atoms. The third-order valence-corrected chi connectivity index (χ3v) is 2.19. The lowest BCUT2D eigenvalue weighted by Crippen LogP contribution is -2.08. The van der Waals surface area contributed by atoms with E-state index in [-0.39, 0.29) is 22.6 Å². The van der Waals surface area contributed by atoms with Crippen LogP contribution in [0.1, 0.15) is 6.92 Å². The predicted octanol–water partition coefficient (Wildman–Crippen LogP) is 2.46. The fourth-order valence-corrected chi connectivity index (χ4v) is 1.54. The van der Waals surface area contributed by atoms with E-state index in [1.165, 1.54) is 6.92 Å². The van der Waals surface area contributed by atoms with Crippen molar-refractivity contribution >= 4 is 27.4 Å². The maximum absolute atomic E-state index is 12.9. The average molecular weight is 292 g/mol. The number of carbonyl (C=O) groups is 1. The second-order valence-corrected chi connectivity index (χ2v) is 3.84. The van der Waals surface area contributed by atoms with Crippen LogP contribution in [0.4, 0.5) is 10.1 Å². The first-order valence-corrected chi connectivity index (χ1v) is 4.96. The SMILES string of the molecule is CC(=O)COc1c(Br)cc(F)cc1[N+](=O)[O-]. The second-order valence-electron chi connectivity index (χ2n) is 2.98. The summed E-state index contributed by atoms with van der Waals surface area (Å²) in [6, 6.07) is 1.77. The van der Waals surface area contributed by atoms with Crippen LogP contribution in [0, 0.1) is 15.9 Å². The normalized spacial score (nSPS) is 9.94. The molecule has 0 amide bonds. The van der Waals surface area contributed by atoms with Gasteiger partial charge in [-0.2, -0.15) is 0 Å². The van der Waals surface area contributed by atoms with Crippen molar-refractivity contribution in [1.82, 2.24) is 0 Å². The minimum atomic E-state index is -0.774. The Hall–Kier alpha value is -1.50. The third-order valence-electron chi connectivity index (χ3n) is 1.61. The number of nitro benzene ring substituents is 1. The maximum Gasteiger partial charge on any atom is 0.315 e. The zero-order chi connectivity index (χ0) is 12.3. The van der Waals surface area contributed by atoms with Crippen LogP contribution in [0.3, 0.4) is 0 Å². The summed E-state index contributed by atoms with van der Waals surface area (Å²) in [5.74, 6) is -1.19. The van der Waals surface area contributed by atoms with Crippen molar-refractivity contribution in [3.8, 4) is 5.75 Å². The molecule has 0 atom stereocenters. The third kappa shape index (κ3) is 2.99. The first kappa shape index (κ1) is 12.6. The fraction of sp³-hybridized carbons (Fsp3) is 0.222. The van der Waals surface area contributed by atoms with Gasteiger partial charge in [0.2, 0.25) is 5.75 Å². The Balaban J connectivity index is 3.14. The van der Waals surface area contributed by atoms with Gasteiger partial charge < -0.3 is 4.74 Å². The minimum Gasteiger partial charge on any atom is -0.478 e. The van der Waals surface area contributed by atoms with Gasteiger partial charge in [-0.25, -0.2) is 4.39 Å². The van der Waals surface area contributed by atoms with Crippen molar-refractivity contribution in [2.45, 2.75) is 6.92 Å². The predicted molar refractivity (Wildman–Crippen MR) is 56.9 cm³/mol. The lowest BCUT2D eigenvalue weighted by molar-refractivity contribution is -0.386. The fourth-order valence-electron chi connectivity index (χ4n) is 0.999. The van der Waals surface area contributed by atoms with Gasteiger partial charge in [-0.05, 0) is 28.9 Å². The van der Waals surface area contributed by atoms with E-state index in [1.54, 1.807) is 0 Å². The number of hydrogen-bond acceptors (Lipinski definition) is 4. The number of nitro groups is 1. The number of ketones is 1. The van der Waals surface area contributed by atoms with Gasteiger partial charge in [-0.3, -0.25) is 14.9 Å². The van der Waals surface area contributed by atoms with Crippen molar-refractivity contribution < 1.29 is 18.8 Å². The van der Waals surface area contributed by atoms with Crippen molar-refractivity contribution in [3.05, 3.63) is 32.5 Å². The first-order chi connectivity index (χ1) is 7.41. The van der Waals surface area contributed by atoms with E-state index in [9.17, 15) is 19.3 Å². The monoisotopic (exact) mass is 291 g/mol. The molecule has 0 fully saturated rings. The molecule has 0 aliphatic heterocycles. The van der Waals surface area contributed by atoms with E-state index in [4.69, 9.17) is 4.74 Å². The van der Waals surface area contributed by atoms with Gasteiger partial charge >= 0.3 is 5.69 Å². The van der Waals surface area contributed by atoms with Crippen LogP contribution in [0.5, 0.6) is 5.75 Å². The smallest absolute Gasteiger partial charge is 0.315 e. The number of Topliss-reactive ketones (excluding diaryl/α,β-unsaturated/α-hetero) is 1. The van der Waals surface area contributed by atoms with E-state index in [0.717, 1.165) is 12.1 Å². The lowest BCUT2D eigenvalue weighted by Gasteiger charge is -2.06. The Labute approximate surface area is 98.5 Å². The molecule has 1 rings (SSSR count). The number of ether oxygens (including phenoxy) is 1. The maximum atomic E-state index is 12.9. The lowest BCUT2D eigenvalue weighted by atomic mass is 10.3. The van der Waals surface area contributed by atoms with Gasteiger partial charge in [-0.15, -0.1) is 0 Å². The standard InChI is InChI=1S/C9H7BrFNO4/c1-5(13)4-16-9-7(10)2-6(11)3-8(9)12(14)15/h2-3H,4H2,1H3. The Morgan fingerprint density at radius 2 is 2.25 bits per heavy atom. The molecule has 0 aromatic heterocycles.